The van der Waals surface area contributed by atoms with Crippen LogP contribution >= 0.6 is 0 Å². The van der Waals surface area contributed by atoms with Gasteiger partial charge in [-0.05, 0) is 64.0 Å². The fourth-order valence-corrected chi connectivity index (χ4v) is 2.75. The molecule has 26 heavy (non-hydrogen) atoms. The first kappa shape index (κ1) is 22.4. The lowest BCUT2D eigenvalue weighted by Crippen LogP contribution is -2.42. The maximum atomic E-state index is 13.0. The first-order valence-corrected chi connectivity index (χ1v) is 9.70. The van der Waals surface area contributed by atoms with E-state index < -0.39 is 6.10 Å². The Bertz CT molecular complexity index is 517. The maximum absolute atomic E-state index is 13.0. The summed E-state index contributed by atoms with van der Waals surface area (Å²) in [5.41, 5.74) is 0.665. The highest BCUT2D eigenvalue weighted by atomic mass is 19.1. The Morgan fingerprint density at radius 3 is 2.42 bits per heavy atom. The van der Waals surface area contributed by atoms with Gasteiger partial charge in [0.1, 0.15) is 5.82 Å². The summed E-state index contributed by atoms with van der Waals surface area (Å²) in [5, 5.41) is 16.8. The van der Waals surface area contributed by atoms with Gasteiger partial charge in [-0.2, -0.15) is 0 Å². The van der Waals surface area contributed by atoms with E-state index in [-0.39, 0.29) is 12.4 Å². The van der Waals surface area contributed by atoms with Crippen LogP contribution in [0, 0.1) is 5.82 Å². The molecule has 148 valence electrons. The van der Waals surface area contributed by atoms with E-state index in [9.17, 15) is 9.50 Å². The number of hydrogen-bond acceptors (Lipinski definition) is 3. The SMILES string of the molecule is CCNC(=NCC(O)c1ccc(F)cc1)NC(C)CCCN(CC)CC. The molecule has 6 heteroatoms. The zero-order chi connectivity index (χ0) is 19.4. The van der Waals surface area contributed by atoms with Crippen LogP contribution in [0.4, 0.5) is 4.39 Å². The highest BCUT2D eigenvalue weighted by Gasteiger charge is 2.10. The molecule has 3 N–H and O–H groups in total. The second-order valence-corrected chi connectivity index (χ2v) is 6.50. The van der Waals surface area contributed by atoms with E-state index in [1.165, 1.54) is 12.1 Å². The number of rotatable bonds is 11. The molecule has 1 rings (SSSR count). The van der Waals surface area contributed by atoms with Gasteiger partial charge in [0, 0.05) is 12.6 Å². The molecule has 5 nitrogen and oxygen atoms in total. The number of guanidine groups is 1. The van der Waals surface area contributed by atoms with Crippen molar-refractivity contribution in [1.82, 2.24) is 15.5 Å². The Morgan fingerprint density at radius 1 is 1.19 bits per heavy atom. The van der Waals surface area contributed by atoms with Crippen LogP contribution in [0.1, 0.15) is 52.2 Å². The number of aliphatic hydroxyl groups excluding tert-OH is 1. The summed E-state index contributed by atoms with van der Waals surface area (Å²) in [5.74, 6) is 0.391. The van der Waals surface area contributed by atoms with Gasteiger partial charge in [0.05, 0.1) is 12.6 Å². The average Bonchev–Trinajstić information content (AvgIpc) is 2.64. The second-order valence-electron chi connectivity index (χ2n) is 6.50. The molecule has 2 atom stereocenters. The molecule has 1 aromatic rings. The molecule has 0 aromatic heterocycles. The molecule has 0 fully saturated rings. The van der Waals surface area contributed by atoms with Gasteiger partial charge in [-0.1, -0.05) is 26.0 Å². The number of aliphatic hydroxyl groups is 1. The highest BCUT2D eigenvalue weighted by molar-refractivity contribution is 5.80. The third kappa shape index (κ3) is 8.63. The van der Waals surface area contributed by atoms with Crippen LogP contribution in [0.15, 0.2) is 29.3 Å². The maximum Gasteiger partial charge on any atom is 0.191 e. The van der Waals surface area contributed by atoms with E-state index in [2.05, 4.69) is 41.3 Å². The van der Waals surface area contributed by atoms with Gasteiger partial charge in [0.2, 0.25) is 0 Å². The number of nitrogens with zero attached hydrogens (tertiary/aromatic N) is 2. The van der Waals surface area contributed by atoms with Crippen molar-refractivity contribution < 1.29 is 9.50 Å². The zero-order valence-corrected chi connectivity index (χ0v) is 16.6. The zero-order valence-electron chi connectivity index (χ0n) is 16.6. The standard InChI is InChI=1S/C20H35FN4O/c1-5-22-20(24-16(4)9-8-14-25(6-2)7-3)23-15-19(26)17-10-12-18(21)13-11-17/h10-13,16,19,26H,5-9,14-15H2,1-4H3,(H2,22,23,24). The summed E-state index contributed by atoms with van der Waals surface area (Å²) in [6.07, 6.45) is 1.44. The van der Waals surface area contributed by atoms with Crippen molar-refractivity contribution in [2.24, 2.45) is 4.99 Å². The van der Waals surface area contributed by atoms with E-state index >= 15 is 0 Å². The number of nitrogens with one attached hydrogen (secondary N) is 2. The first-order valence-electron chi connectivity index (χ1n) is 9.70. The predicted molar refractivity (Wildman–Crippen MR) is 107 cm³/mol. The van der Waals surface area contributed by atoms with E-state index in [0.29, 0.717) is 17.6 Å². The Balaban J connectivity index is 2.50. The second kappa shape index (κ2) is 12.7. The molecule has 0 radical (unpaired) electrons. The van der Waals surface area contributed by atoms with Crippen molar-refractivity contribution in [3.63, 3.8) is 0 Å². The highest BCUT2D eigenvalue weighted by Crippen LogP contribution is 2.13. The van der Waals surface area contributed by atoms with E-state index in [0.717, 1.165) is 39.0 Å². The van der Waals surface area contributed by atoms with Crippen molar-refractivity contribution in [1.29, 1.82) is 0 Å². The molecular weight excluding hydrogens is 331 g/mol. The molecule has 0 saturated carbocycles. The van der Waals surface area contributed by atoms with Crippen LogP contribution in [-0.4, -0.2) is 54.7 Å². The summed E-state index contributed by atoms with van der Waals surface area (Å²) in [6, 6.07) is 6.18. The van der Waals surface area contributed by atoms with Crippen molar-refractivity contribution in [2.45, 2.75) is 52.7 Å². The Hall–Kier alpha value is -1.66. The molecule has 0 bridgehead atoms. The number of benzene rings is 1. The van der Waals surface area contributed by atoms with Gasteiger partial charge in [-0.15, -0.1) is 0 Å². The summed E-state index contributed by atoms with van der Waals surface area (Å²) >= 11 is 0. The van der Waals surface area contributed by atoms with E-state index in [1.54, 1.807) is 12.1 Å². The average molecular weight is 367 g/mol. The molecular formula is C20H35FN4O. The quantitative estimate of drug-likeness (QED) is 0.416. The van der Waals surface area contributed by atoms with Gasteiger partial charge in [-0.25, -0.2) is 4.39 Å². The van der Waals surface area contributed by atoms with Crippen LogP contribution in [0.2, 0.25) is 0 Å². The lowest BCUT2D eigenvalue weighted by atomic mass is 10.1. The van der Waals surface area contributed by atoms with Crippen LogP contribution < -0.4 is 10.6 Å². The number of halogens is 1. The van der Waals surface area contributed by atoms with Gasteiger partial charge in [0.25, 0.3) is 0 Å². The third-order valence-electron chi connectivity index (χ3n) is 4.41. The van der Waals surface area contributed by atoms with E-state index in [4.69, 9.17) is 0 Å². The topological polar surface area (TPSA) is 59.9 Å². The van der Waals surface area contributed by atoms with Gasteiger partial charge >= 0.3 is 0 Å². The summed E-state index contributed by atoms with van der Waals surface area (Å²) in [7, 11) is 0. The smallest absolute Gasteiger partial charge is 0.191 e. The monoisotopic (exact) mass is 366 g/mol. The molecule has 0 aliphatic carbocycles. The minimum Gasteiger partial charge on any atom is -0.386 e. The molecule has 0 aliphatic heterocycles. The van der Waals surface area contributed by atoms with Crippen molar-refractivity contribution in [2.75, 3.05) is 32.7 Å². The lowest BCUT2D eigenvalue weighted by molar-refractivity contribution is 0.187. The van der Waals surface area contributed by atoms with E-state index in [1.807, 2.05) is 6.92 Å². The van der Waals surface area contributed by atoms with Gasteiger partial charge < -0.3 is 20.6 Å². The van der Waals surface area contributed by atoms with Gasteiger partial charge in [-0.3, -0.25) is 4.99 Å². The number of hydrogen-bond donors (Lipinski definition) is 3. The Morgan fingerprint density at radius 2 is 1.85 bits per heavy atom. The molecule has 0 aliphatic rings. The fourth-order valence-electron chi connectivity index (χ4n) is 2.75. The van der Waals surface area contributed by atoms with Crippen molar-refractivity contribution >= 4 is 5.96 Å². The molecule has 1 aromatic carbocycles. The summed E-state index contributed by atoms with van der Waals surface area (Å²) in [4.78, 5) is 6.89. The van der Waals surface area contributed by atoms with Gasteiger partial charge in [0.15, 0.2) is 5.96 Å². The molecule has 0 spiro atoms. The number of aliphatic imine (C=N–C) groups is 1. The predicted octanol–water partition coefficient (Wildman–Crippen LogP) is 2.92. The fraction of sp³-hybridized carbons (Fsp3) is 0.650. The van der Waals surface area contributed by atoms with Crippen molar-refractivity contribution in [3.05, 3.63) is 35.6 Å². The lowest BCUT2D eigenvalue weighted by Gasteiger charge is -2.21. The molecule has 0 amide bonds. The van der Waals surface area contributed by atoms with Crippen LogP contribution in [-0.2, 0) is 0 Å². The third-order valence-corrected chi connectivity index (χ3v) is 4.41. The normalized spacial score (nSPS) is 14.3. The molecule has 0 saturated heterocycles. The minimum atomic E-state index is -0.746. The molecule has 0 heterocycles. The van der Waals surface area contributed by atoms with Crippen LogP contribution in [0.5, 0.6) is 0 Å². The van der Waals surface area contributed by atoms with Crippen LogP contribution in [0.3, 0.4) is 0 Å². The largest absolute Gasteiger partial charge is 0.386 e. The van der Waals surface area contributed by atoms with Crippen molar-refractivity contribution in [3.8, 4) is 0 Å². The summed E-state index contributed by atoms with van der Waals surface area (Å²) < 4.78 is 13.0. The first-order chi connectivity index (χ1) is 12.5. The Kier molecular flexibility index (Phi) is 10.9. The minimum absolute atomic E-state index is 0.229. The van der Waals surface area contributed by atoms with Crippen LogP contribution in [0.25, 0.3) is 0 Å². The molecule has 2 unspecified atom stereocenters. The Labute approximate surface area is 157 Å². The summed E-state index contributed by atoms with van der Waals surface area (Å²) in [6.45, 7) is 12.8.